The van der Waals surface area contributed by atoms with Gasteiger partial charge in [-0.25, -0.2) is 18.7 Å². The van der Waals surface area contributed by atoms with Crippen LogP contribution in [0.1, 0.15) is 4.88 Å². The van der Waals surface area contributed by atoms with Crippen LogP contribution in [0.2, 0.25) is 0 Å². The summed E-state index contributed by atoms with van der Waals surface area (Å²) < 4.78 is 26.7. The van der Waals surface area contributed by atoms with E-state index < -0.39 is 11.6 Å². The van der Waals surface area contributed by atoms with Crippen LogP contribution in [0.3, 0.4) is 0 Å². The minimum atomic E-state index is -0.903. The number of halogens is 2. The molecular formula is C19H13F2N3S. The highest BCUT2D eigenvalue weighted by Crippen LogP contribution is 2.32. The largest absolute Gasteiger partial charge is 0.339 e. The van der Waals surface area contributed by atoms with E-state index in [1.54, 1.807) is 11.3 Å². The van der Waals surface area contributed by atoms with Gasteiger partial charge in [0, 0.05) is 22.2 Å². The van der Waals surface area contributed by atoms with Crippen molar-refractivity contribution < 1.29 is 8.78 Å². The van der Waals surface area contributed by atoms with Crippen molar-refractivity contribution in [1.29, 1.82) is 0 Å². The van der Waals surface area contributed by atoms with Gasteiger partial charge in [-0.1, -0.05) is 30.3 Å². The third-order valence-corrected chi connectivity index (χ3v) is 4.67. The average molecular weight is 353 g/mol. The quantitative estimate of drug-likeness (QED) is 0.514. The van der Waals surface area contributed by atoms with Gasteiger partial charge in [-0.2, -0.15) is 0 Å². The van der Waals surface area contributed by atoms with E-state index in [4.69, 9.17) is 0 Å². The number of nitrogens with zero attached hydrogens (tertiary/aromatic N) is 2. The molecule has 4 rings (SSSR count). The molecule has 1 N–H and O–H groups in total. The number of thiophene rings is 1. The molecule has 0 unspecified atom stereocenters. The van der Waals surface area contributed by atoms with Gasteiger partial charge < -0.3 is 5.32 Å². The minimum Gasteiger partial charge on any atom is -0.339 e. The van der Waals surface area contributed by atoms with E-state index in [9.17, 15) is 8.78 Å². The van der Waals surface area contributed by atoms with E-state index in [1.807, 2.05) is 43.3 Å². The number of hydrogen-bond acceptors (Lipinski definition) is 4. The molecule has 0 aliphatic carbocycles. The van der Waals surface area contributed by atoms with Crippen molar-refractivity contribution in [2.24, 2.45) is 0 Å². The summed E-state index contributed by atoms with van der Waals surface area (Å²) in [5, 5.41) is 3.94. The molecule has 0 aliphatic heterocycles. The van der Waals surface area contributed by atoms with E-state index in [1.165, 1.54) is 6.07 Å². The van der Waals surface area contributed by atoms with Crippen LogP contribution in [0.15, 0.2) is 54.6 Å². The maximum absolute atomic E-state index is 13.5. The molecule has 0 aliphatic rings. The van der Waals surface area contributed by atoms with Gasteiger partial charge in [-0.3, -0.25) is 0 Å². The lowest BCUT2D eigenvalue weighted by Crippen LogP contribution is -1.99. The average Bonchev–Trinajstić information content (AvgIpc) is 2.99. The van der Waals surface area contributed by atoms with Crippen LogP contribution in [0.4, 0.5) is 20.3 Å². The summed E-state index contributed by atoms with van der Waals surface area (Å²) in [6.45, 7) is 2.00. The SMILES string of the molecule is Cc1cc2c(Nc3ccc(F)c(F)c3)nc(-c3ccccc3)nc2s1. The smallest absolute Gasteiger partial charge is 0.163 e. The number of anilines is 2. The fraction of sp³-hybridized carbons (Fsp3) is 0.0526. The second kappa shape index (κ2) is 6.22. The minimum absolute atomic E-state index is 0.432. The second-order valence-corrected chi connectivity index (χ2v) is 6.83. The zero-order valence-electron chi connectivity index (χ0n) is 13.3. The first-order chi connectivity index (χ1) is 12.1. The Morgan fingerprint density at radius 2 is 1.72 bits per heavy atom. The summed E-state index contributed by atoms with van der Waals surface area (Å²) in [5.74, 6) is -0.630. The van der Waals surface area contributed by atoms with Gasteiger partial charge >= 0.3 is 0 Å². The number of aromatic nitrogens is 2. The highest BCUT2D eigenvalue weighted by Gasteiger charge is 2.13. The number of nitrogens with one attached hydrogen (secondary N) is 1. The molecule has 6 heteroatoms. The van der Waals surface area contributed by atoms with Crippen LogP contribution >= 0.6 is 11.3 Å². The molecule has 0 spiro atoms. The lowest BCUT2D eigenvalue weighted by Gasteiger charge is -2.09. The molecule has 0 saturated carbocycles. The van der Waals surface area contributed by atoms with Crippen molar-refractivity contribution in [3.8, 4) is 11.4 Å². The number of fused-ring (bicyclic) bond motifs is 1. The number of benzene rings is 2. The molecule has 4 aromatic rings. The van der Waals surface area contributed by atoms with E-state index in [0.29, 0.717) is 17.3 Å². The topological polar surface area (TPSA) is 37.8 Å². The van der Waals surface area contributed by atoms with Gasteiger partial charge in [0.2, 0.25) is 0 Å². The lowest BCUT2D eigenvalue weighted by atomic mass is 10.2. The Morgan fingerprint density at radius 1 is 0.920 bits per heavy atom. The molecule has 2 aromatic carbocycles. The first kappa shape index (κ1) is 15.7. The Morgan fingerprint density at radius 3 is 2.48 bits per heavy atom. The summed E-state index contributed by atoms with van der Waals surface area (Å²) >= 11 is 1.57. The molecular weight excluding hydrogens is 340 g/mol. The van der Waals surface area contributed by atoms with Crippen molar-refractivity contribution in [3.05, 3.63) is 71.1 Å². The fourth-order valence-electron chi connectivity index (χ4n) is 2.56. The van der Waals surface area contributed by atoms with Crippen LogP contribution < -0.4 is 5.32 Å². The molecule has 0 saturated heterocycles. The fourth-order valence-corrected chi connectivity index (χ4v) is 3.44. The predicted octanol–water partition coefficient (Wildman–Crippen LogP) is 5.69. The molecule has 124 valence electrons. The third kappa shape index (κ3) is 3.08. The van der Waals surface area contributed by atoms with E-state index in [0.717, 1.165) is 32.8 Å². The number of hydrogen-bond donors (Lipinski definition) is 1. The molecule has 25 heavy (non-hydrogen) atoms. The third-order valence-electron chi connectivity index (χ3n) is 3.73. The Hall–Kier alpha value is -2.86. The standard InChI is InChI=1S/C19H13F2N3S/c1-11-9-14-18(22-13-7-8-15(20)16(21)10-13)23-17(24-19(14)25-11)12-5-3-2-4-6-12/h2-10H,1H3,(H,22,23,24). The van der Waals surface area contributed by atoms with Crippen LogP contribution in [-0.4, -0.2) is 9.97 Å². The van der Waals surface area contributed by atoms with Crippen molar-refractivity contribution in [1.82, 2.24) is 9.97 Å². The highest BCUT2D eigenvalue weighted by atomic mass is 32.1. The van der Waals surface area contributed by atoms with Crippen molar-refractivity contribution in [3.63, 3.8) is 0 Å². The maximum Gasteiger partial charge on any atom is 0.163 e. The molecule has 0 amide bonds. The van der Waals surface area contributed by atoms with Crippen LogP contribution in [-0.2, 0) is 0 Å². The first-order valence-electron chi connectivity index (χ1n) is 7.66. The van der Waals surface area contributed by atoms with Crippen molar-refractivity contribution in [2.45, 2.75) is 6.92 Å². The normalized spacial score (nSPS) is 11.0. The van der Waals surface area contributed by atoms with Gasteiger partial charge in [-0.15, -0.1) is 11.3 Å². The Balaban J connectivity index is 1.84. The molecule has 3 nitrogen and oxygen atoms in total. The summed E-state index contributed by atoms with van der Waals surface area (Å²) in [6, 6.07) is 15.3. The van der Waals surface area contributed by atoms with Crippen LogP contribution in [0.5, 0.6) is 0 Å². The maximum atomic E-state index is 13.5. The second-order valence-electron chi connectivity index (χ2n) is 5.59. The van der Waals surface area contributed by atoms with E-state index in [2.05, 4.69) is 15.3 Å². The Kier molecular flexibility index (Phi) is 3.89. The Labute approximate surface area is 147 Å². The monoisotopic (exact) mass is 353 g/mol. The van der Waals surface area contributed by atoms with Crippen molar-refractivity contribution in [2.75, 3.05) is 5.32 Å². The van der Waals surface area contributed by atoms with Crippen molar-refractivity contribution >= 4 is 33.1 Å². The summed E-state index contributed by atoms with van der Waals surface area (Å²) in [5.41, 5.74) is 1.32. The van der Waals surface area contributed by atoms with Gasteiger partial charge in [-0.05, 0) is 25.1 Å². The predicted molar refractivity (Wildman–Crippen MR) is 97.2 cm³/mol. The molecule has 2 aromatic heterocycles. The molecule has 0 fully saturated rings. The molecule has 0 bridgehead atoms. The zero-order valence-corrected chi connectivity index (χ0v) is 14.1. The summed E-state index contributed by atoms with van der Waals surface area (Å²) in [4.78, 5) is 11.2. The molecule has 0 radical (unpaired) electrons. The van der Waals surface area contributed by atoms with Crippen LogP contribution in [0.25, 0.3) is 21.6 Å². The highest BCUT2D eigenvalue weighted by molar-refractivity contribution is 7.18. The van der Waals surface area contributed by atoms with E-state index in [-0.39, 0.29) is 0 Å². The number of aryl methyl sites for hydroxylation is 1. The van der Waals surface area contributed by atoms with Gasteiger partial charge in [0.15, 0.2) is 17.5 Å². The first-order valence-corrected chi connectivity index (χ1v) is 8.47. The zero-order chi connectivity index (χ0) is 17.4. The van der Waals surface area contributed by atoms with Gasteiger partial charge in [0.1, 0.15) is 10.6 Å². The molecule has 2 heterocycles. The van der Waals surface area contributed by atoms with Gasteiger partial charge in [0.05, 0.1) is 5.39 Å². The Bertz CT molecular complexity index is 1060. The number of rotatable bonds is 3. The lowest BCUT2D eigenvalue weighted by molar-refractivity contribution is 0.509. The van der Waals surface area contributed by atoms with E-state index >= 15 is 0 Å². The van der Waals surface area contributed by atoms with Gasteiger partial charge in [0.25, 0.3) is 0 Å². The van der Waals surface area contributed by atoms with Crippen LogP contribution in [0, 0.1) is 18.6 Å². The summed E-state index contributed by atoms with van der Waals surface area (Å²) in [6.07, 6.45) is 0. The summed E-state index contributed by atoms with van der Waals surface area (Å²) in [7, 11) is 0. The molecule has 0 atom stereocenters.